The van der Waals surface area contributed by atoms with Crippen LogP contribution in [0.3, 0.4) is 0 Å². The van der Waals surface area contributed by atoms with Crippen LogP contribution in [0.5, 0.6) is 6.01 Å². The van der Waals surface area contributed by atoms with E-state index in [-0.39, 0.29) is 31.0 Å². The first kappa shape index (κ1) is 33.0. The SMILES string of the molecule is [C-]#[N+]C[C@H]1CN(c2nc(OC[C@@H]3CCCN3CCCC(=O)O)nc3c2CCN(c2cccc4cccc([131I])c24)C3)CCN1C(=O)C=C. The van der Waals surface area contributed by atoms with Crippen LogP contribution in [0.15, 0.2) is 49.1 Å². The fourth-order valence-electron chi connectivity index (χ4n) is 7.16. The summed E-state index contributed by atoms with van der Waals surface area (Å²) >= 11 is 2.41. The van der Waals surface area contributed by atoms with Crippen molar-refractivity contribution in [3.63, 3.8) is 0 Å². The third-order valence-corrected chi connectivity index (χ3v) is 10.4. The van der Waals surface area contributed by atoms with Crippen LogP contribution >= 0.6 is 22.6 Å². The van der Waals surface area contributed by atoms with Gasteiger partial charge in [0.25, 0.3) is 0 Å². The number of aromatic nitrogens is 2. The molecule has 1 aromatic heterocycles. The summed E-state index contributed by atoms with van der Waals surface area (Å²) in [4.78, 5) is 46.0. The Morgan fingerprint density at radius 3 is 2.72 bits per heavy atom. The first-order valence-corrected chi connectivity index (χ1v) is 17.4. The maximum absolute atomic E-state index is 12.6. The zero-order valence-corrected chi connectivity index (χ0v) is 28.6. The molecule has 2 saturated heterocycles. The van der Waals surface area contributed by atoms with Crippen molar-refractivity contribution in [3.8, 4) is 6.01 Å². The lowest BCUT2D eigenvalue weighted by Gasteiger charge is -2.41. The number of carbonyl (C=O) groups excluding carboxylic acids is 1. The number of rotatable bonds is 11. The molecule has 0 radical (unpaired) electrons. The second-order valence-electron chi connectivity index (χ2n) is 12.4. The Bertz CT molecular complexity index is 1690. The molecule has 1 amide bonds. The number of amides is 1. The Morgan fingerprint density at radius 1 is 1.11 bits per heavy atom. The molecule has 12 heteroatoms. The number of likely N-dealkylation sites (tertiary alicyclic amines) is 1. The van der Waals surface area contributed by atoms with Gasteiger partial charge in [0.05, 0.1) is 12.2 Å². The second kappa shape index (κ2) is 14.9. The van der Waals surface area contributed by atoms with Crippen LogP contribution in [0.25, 0.3) is 15.6 Å². The third kappa shape index (κ3) is 7.31. The van der Waals surface area contributed by atoms with Crippen molar-refractivity contribution < 1.29 is 19.4 Å². The van der Waals surface area contributed by atoms with Crippen molar-refractivity contribution in [1.82, 2.24) is 19.8 Å². The number of carbonyl (C=O) groups is 2. The summed E-state index contributed by atoms with van der Waals surface area (Å²) in [5.74, 6) is -0.105. The van der Waals surface area contributed by atoms with Gasteiger partial charge in [-0.3, -0.25) is 14.5 Å². The molecule has 0 aliphatic carbocycles. The van der Waals surface area contributed by atoms with E-state index in [1.165, 1.54) is 26.1 Å². The summed E-state index contributed by atoms with van der Waals surface area (Å²) in [7, 11) is 0. The number of nitrogens with zero attached hydrogens (tertiary/aromatic N) is 7. The normalized spacial score (nSPS) is 19.8. The van der Waals surface area contributed by atoms with Crippen LogP contribution in [0.1, 0.15) is 36.9 Å². The first-order valence-electron chi connectivity index (χ1n) is 16.3. The van der Waals surface area contributed by atoms with E-state index in [2.05, 4.69) is 85.1 Å². The molecule has 0 unspecified atom stereocenters. The number of piperazine rings is 1. The molecule has 0 bridgehead atoms. The topological polar surface area (TPSA) is 107 Å². The molecule has 2 aromatic carbocycles. The summed E-state index contributed by atoms with van der Waals surface area (Å²) in [6.45, 7) is 16.5. The number of ether oxygens (including phenoxy) is 1. The number of fused-ring (bicyclic) bond motifs is 2. The summed E-state index contributed by atoms with van der Waals surface area (Å²) in [5, 5.41) is 11.5. The van der Waals surface area contributed by atoms with Gasteiger partial charge in [-0.05, 0) is 85.0 Å². The molecule has 246 valence electrons. The highest BCUT2D eigenvalue weighted by molar-refractivity contribution is 14.1. The number of aliphatic carboxylic acids is 1. The molecule has 0 saturated carbocycles. The lowest BCUT2D eigenvalue weighted by Crippen LogP contribution is -2.56. The van der Waals surface area contributed by atoms with Gasteiger partial charge in [-0.2, -0.15) is 9.97 Å². The number of hydrogen-bond donors (Lipinski definition) is 1. The van der Waals surface area contributed by atoms with Crippen LogP contribution in [0, 0.1) is 10.1 Å². The van der Waals surface area contributed by atoms with Crippen LogP contribution < -0.4 is 14.5 Å². The zero-order chi connectivity index (χ0) is 32.9. The Hall–Kier alpha value is -3.96. The number of halogens is 1. The van der Waals surface area contributed by atoms with Gasteiger partial charge in [0.1, 0.15) is 18.5 Å². The van der Waals surface area contributed by atoms with Gasteiger partial charge in [0, 0.05) is 58.8 Å². The smallest absolute Gasteiger partial charge is 0.318 e. The molecule has 6 rings (SSSR count). The van der Waals surface area contributed by atoms with Crippen molar-refractivity contribution in [1.29, 1.82) is 0 Å². The molecule has 11 nitrogen and oxygen atoms in total. The van der Waals surface area contributed by atoms with Crippen molar-refractivity contribution in [2.24, 2.45) is 0 Å². The Kier molecular flexibility index (Phi) is 10.4. The Morgan fingerprint density at radius 2 is 1.94 bits per heavy atom. The van der Waals surface area contributed by atoms with Crippen LogP contribution in [-0.2, 0) is 22.6 Å². The monoisotopic (exact) mass is 753 g/mol. The van der Waals surface area contributed by atoms with E-state index >= 15 is 0 Å². The lowest BCUT2D eigenvalue weighted by molar-refractivity contribution is -0.137. The molecule has 3 aliphatic rings. The average molecular weight is 754 g/mol. The molecule has 0 spiro atoms. The van der Waals surface area contributed by atoms with Crippen molar-refractivity contribution >= 4 is 56.7 Å². The minimum absolute atomic E-state index is 0.156. The van der Waals surface area contributed by atoms with E-state index in [0.29, 0.717) is 45.2 Å². The molecule has 47 heavy (non-hydrogen) atoms. The number of anilines is 2. The molecule has 2 fully saturated rings. The molecular formula is C35H40IN7O4. The molecule has 1 N–H and O–H groups in total. The van der Waals surface area contributed by atoms with E-state index in [1.54, 1.807) is 4.90 Å². The van der Waals surface area contributed by atoms with Gasteiger partial charge in [0.15, 0.2) is 0 Å². The van der Waals surface area contributed by atoms with E-state index in [4.69, 9.17) is 26.4 Å². The largest absolute Gasteiger partial charge is 0.481 e. The lowest BCUT2D eigenvalue weighted by atomic mass is 10.0. The van der Waals surface area contributed by atoms with Crippen LogP contribution in [0.2, 0.25) is 0 Å². The predicted molar refractivity (Wildman–Crippen MR) is 190 cm³/mol. The minimum atomic E-state index is -0.771. The zero-order valence-electron chi connectivity index (χ0n) is 26.5. The molecule has 2 atom stereocenters. The fraction of sp³-hybridized carbons (Fsp3) is 0.457. The quantitative estimate of drug-likeness (QED) is 0.171. The maximum atomic E-state index is 12.6. The maximum Gasteiger partial charge on any atom is 0.318 e. The van der Waals surface area contributed by atoms with E-state index < -0.39 is 5.97 Å². The van der Waals surface area contributed by atoms with Gasteiger partial charge in [-0.25, -0.2) is 6.57 Å². The van der Waals surface area contributed by atoms with Crippen molar-refractivity contribution in [2.75, 3.05) is 62.2 Å². The highest BCUT2D eigenvalue weighted by atomic mass is 131. The Balaban J connectivity index is 1.29. The second-order valence-corrected chi connectivity index (χ2v) is 13.5. The summed E-state index contributed by atoms with van der Waals surface area (Å²) in [5.41, 5.74) is 3.19. The number of hydrogen-bond acceptors (Lipinski definition) is 8. The molecule has 3 aliphatic heterocycles. The van der Waals surface area contributed by atoms with Gasteiger partial charge in [-0.1, -0.05) is 30.8 Å². The van der Waals surface area contributed by atoms with Crippen molar-refractivity contribution in [3.05, 3.63) is 75.3 Å². The predicted octanol–water partition coefficient (Wildman–Crippen LogP) is 4.63. The third-order valence-electron chi connectivity index (χ3n) is 9.48. The summed E-state index contributed by atoms with van der Waals surface area (Å²) in [6, 6.07) is 13.1. The Labute approximate surface area is 289 Å². The van der Waals surface area contributed by atoms with E-state index in [0.717, 1.165) is 56.0 Å². The van der Waals surface area contributed by atoms with Crippen molar-refractivity contribution in [2.45, 2.75) is 50.7 Å². The van der Waals surface area contributed by atoms with Gasteiger partial charge in [-0.15, -0.1) is 0 Å². The summed E-state index contributed by atoms with van der Waals surface area (Å²) < 4.78 is 7.58. The van der Waals surface area contributed by atoms with Crippen LogP contribution in [-0.4, -0.2) is 101 Å². The molecule has 4 heterocycles. The average Bonchev–Trinajstić information content (AvgIpc) is 3.53. The van der Waals surface area contributed by atoms with Crippen LogP contribution in [0.4, 0.5) is 11.5 Å². The highest BCUT2D eigenvalue weighted by Crippen LogP contribution is 2.36. The van der Waals surface area contributed by atoms with E-state index in [9.17, 15) is 9.59 Å². The van der Waals surface area contributed by atoms with E-state index in [1.807, 2.05) is 0 Å². The fourth-order valence-corrected chi connectivity index (χ4v) is 7.95. The number of benzene rings is 2. The minimum Gasteiger partial charge on any atom is -0.481 e. The molecule has 3 aromatic rings. The number of carboxylic acids is 1. The summed E-state index contributed by atoms with van der Waals surface area (Å²) in [6.07, 6.45) is 4.88. The standard InChI is InChI=1S/C35H40IN7O4/c1-3-31(44)43-19-18-42(21-26(43)20-37-2)34-27-14-17-41(30-12-5-9-24-8-4-11-28(36)33(24)30)22-29(27)38-35(39-34)47-23-25-10-6-15-40(25)16-7-13-32(45)46/h3-5,8-9,11-12,25-26H,1,6-7,10,13-23H2,(H,45,46)/t25-,26-/m0/s1/i36+4. The first-order chi connectivity index (χ1) is 22.9. The highest BCUT2D eigenvalue weighted by Gasteiger charge is 2.35. The van der Waals surface area contributed by atoms with Gasteiger partial charge < -0.3 is 29.4 Å². The van der Waals surface area contributed by atoms with Gasteiger partial charge in [0.2, 0.25) is 12.5 Å². The van der Waals surface area contributed by atoms with Gasteiger partial charge >= 0.3 is 12.0 Å². The number of carboxylic acid groups (broad SMARTS) is 1. The molecular weight excluding hydrogens is 713 g/mol.